The summed E-state index contributed by atoms with van der Waals surface area (Å²) in [4.78, 5) is 10.6. The normalized spacial score (nSPS) is 10.1. The Bertz CT molecular complexity index is 352. The van der Waals surface area contributed by atoms with Crippen LogP contribution in [0.5, 0.6) is 0 Å². The highest BCUT2D eigenvalue weighted by Gasteiger charge is 2.11. The SMILES string of the molecule is Cc1ccc(Cl)c(CC(N)=O)c1F. The first-order valence-electron chi connectivity index (χ1n) is 3.74. The summed E-state index contributed by atoms with van der Waals surface area (Å²) in [6.45, 7) is 1.61. The first-order chi connectivity index (χ1) is 6.02. The number of aryl methyl sites for hydroxylation is 1. The Balaban J connectivity index is 3.17. The van der Waals surface area contributed by atoms with Crippen molar-refractivity contribution in [2.45, 2.75) is 13.3 Å². The van der Waals surface area contributed by atoms with Crippen LogP contribution in [0.1, 0.15) is 11.1 Å². The first kappa shape index (κ1) is 9.99. The van der Waals surface area contributed by atoms with Crippen molar-refractivity contribution in [2.75, 3.05) is 0 Å². The molecule has 0 heterocycles. The number of halogens is 2. The number of carbonyl (C=O) groups is 1. The van der Waals surface area contributed by atoms with Crippen molar-refractivity contribution in [1.82, 2.24) is 0 Å². The predicted octanol–water partition coefficient (Wildman–Crippen LogP) is 1.82. The molecule has 1 aromatic rings. The van der Waals surface area contributed by atoms with E-state index in [0.717, 1.165) is 0 Å². The molecule has 0 radical (unpaired) electrons. The summed E-state index contributed by atoms with van der Waals surface area (Å²) in [5.41, 5.74) is 5.58. The number of rotatable bonds is 2. The van der Waals surface area contributed by atoms with Gasteiger partial charge in [0.1, 0.15) is 5.82 Å². The van der Waals surface area contributed by atoms with Gasteiger partial charge in [-0.15, -0.1) is 0 Å². The van der Waals surface area contributed by atoms with Gasteiger partial charge in [-0.1, -0.05) is 17.7 Å². The Kier molecular flexibility index (Phi) is 2.88. The maximum absolute atomic E-state index is 13.3. The fraction of sp³-hybridized carbons (Fsp3) is 0.222. The van der Waals surface area contributed by atoms with Gasteiger partial charge in [0.2, 0.25) is 5.91 Å². The summed E-state index contributed by atoms with van der Waals surface area (Å²) in [5.74, 6) is -1.04. The summed E-state index contributed by atoms with van der Waals surface area (Å²) in [6, 6.07) is 3.11. The number of benzene rings is 1. The van der Waals surface area contributed by atoms with Crippen molar-refractivity contribution >= 4 is 17.5 Å². The van der Waals surface area contributed by atoms with Crippen LogP contribution in [0.4, 0.5) is 4.39 Å². The van der Waals surface area contributed by atoms with Gasteiger partial charge in [-0.3, -0.25) is 4.79 Å². The molecule has 0 aliphatic rings. The Hall–Kier alpha value is -1.09. The molecule has 0 aliphatic carbocycles. The molecule has 0 saturated carbocycles. The highest BCUT2D eigenvalue weighted by molar-refractivity contribution is 6.31. The van der Waals surface area contributed by atoms with Gasteiger partial charge in [-0.25, -0.2) is 4.39 Å². The molecule has 70 valence electrons. The molecule has 1 amide bonds. The van der Waals surface area contributed by atoms with E-state index in [0.29, 0.717) is 5.56 Å². The number of nitrogens with two attached hydrogens (primary N) is 1. The van der Waals surface area contributed by atoms with Crippen LogP contribution in [0, 0.1) is 12.7 Å². The summed E-state index contributed by atoms with van der Waals surface area (Å²) in [5, 5.41) is 0.238. The van der Waals surface area contributed by atoms with Crippen molar-refractivity contribution in [1.29, 1.82) is 0 Å². The van der Waals surface area contributed by atoms with Gasteiger partial charge in [0.15, 0.2) is 0 Å². The third-order valence-corrected chi connectivity index (χ3v) is 2.08. The number of hydrogen-bond acceptors (Lipinski definition) is 1. The fourth-order valence-electron chi connectivity index (χ4n) is 1.05. The Morgan fingerprint density at radius 3 is 2.77 bits per heavy atom. The van der Waals surface area contributed by atoms with Crippen LogP contribution in [0.3, 0.4) is 0 Å². The predicted molar refractivity (Wildman–Crippen MR) is 49.0 cm³/mol. The summed E-state index contributed by atoms with van der Waals surface area (Å²) in [6.07, 6.45) is -0.160. The quantitative estimate of drug-likeness (QED) is 0.779. The van der Waals surface area contributed by atoms with Crippen LogP contribution < -0.4 is 5.73 Å². The minimum absolute atomic E-state index is 0.160. The zero-order chi connectivity index (χ0) is 10.0. The smallest absolute Gasteiger partial charge is 0.222 e. The molecular formula is C9H9ClFNO. The second kappa shape index (κ2) is 3.75. The molecule has 0 unspecified atom stereocenters. The molecule has 0 atom stereocenters. The van der Waals surface area contributed by atoms with Gasteiger partial charge < -0.3 is 5.73 Å². The van der Waals surface area contributed by atoms with Crippen LogP contribution in [0.25, 0.3) is 0 Å². The van der Waals surface area contributed by atoms with Crippen molar-refractivity contribution in [3.8, 4) is 0 Å². The number of carbonyl (C=O) groups excluding carboxylic acids is 1. The van der Waals surface area contributed by atoms with E-state index in [4.69, 9.17) is 17.3 Å². The average Bonchev–Trinajstić information content (AvgIpc) is 2.05. The van der Waals surface area contributed by atoms with Gasteiger partial charge in [0, 0.05) is 10.6 Å². The summed E-state index contributed by atoms with van der Waals surface area (Å²) in [7, 11) is 0. The van der Waals surface area contributed by atoms with Crippen LogP contribution in [-0.4, -0.2) is 5.91 Å². The van der Waals surface area contributed by atoms with E-state index in [-0.39, 0.29) is 17.0 Å². The molecule has 0 aromatic heterocycles. The molecule has 2 N–H and O–H groups in total. The molecule has 1 aromatic carbocycles. The molecule has 4 heteroatoms. The Morgan fingerprint density at radius 1 is 1.62 bits per heavy atom. The third kappa shape index (κ3) is 2.18. The minimum atomic E-state index is -0.591. The highest BCUT2D eigenvalue weighted by atomic mass is 35.5. The number of hydrogen-bond donors (Lipinski definition) is 1. The molecule has 13 heavy (non-hydrogen) atoms. The maximum atomic E-state index is 13.3. The van der Waals surface area contributed by atoms with Crippen molar-refractivity contribution in [3.05, 3.63) is 34.1 Å². The minimum Gasteiger partial charge on any atom is -0.369 e. The van der Waals surface area contributed by atoms with E-state index in [2.05, 4.69) is 0 Å². The highest BCUT2D eigenvalue weighted by Crippen LogP contribution is 2.22. The van der Waals surface area contributed by atoms with E-state index < -0.39 is 11.7 Å². The monoisotopic (exact) mass is 201 g/mol. The van der Waals surface area contributed by atoms with Crippen molar-refractivity contribution in [3.63, 3.8) is 0 Å². The van der Waals surface area contributed by atoms with Crippen LogP contribution >= 0.6 is 11.6 Å². The number of amides is 1. The molecule has 0 aliphatic heterocycles. The molecular weight excluding hydrogens is 193 g/mol. The molecule has 0 bridgehead atoms. The standard InChI is InChI=1S/C9H9ClFNO/c1-5-2-3-7(10)6(9(5)11)4-8(12)13/h2-3H,4H2,1H3,(H2,12,13). The van der Waals surface area contributed by atoms with E-state index >= 15 is 0 Å². The van der Waals surface area contributed by atoms with Crippen LogP contribution in [0.15, 0.2) is 12.1 Å². The Labute approximate surface area is 80.5 Å². The van der Waals surface area contributed by atoms with Gasteiger partial charge in [0.05, 0.1) is 6.42 Å². The van der Waals surface area contributed by atoms with E-state index in [1.54, 1.807) is 19.1 Å². The van der Waals surface area contributed by atoms with Gasteiger partial charge >= 0.3 is 0 Å². The topological polar surface area (TPSA) is 43.1 Å². The molecule has 0 spiro atoms. The second-order valence-electron chi connectivity index (χ2n) is 2.80. The zero-order valence-corrected chi connectivity index (χ0v) is 7.86. The molecule has 1 rings (SSSR count). The van der Waals surface area contributed by atoms with Gasteiger partial charge in [0.25, 0.3) is 0 Å². The molecule has 2 nitrogen and oxygen atoms in total. The fourth-order valence-corrected chi connectivity index (χ4v) is 1.26. The summed E-state index contributed by atoms with van der Waals surface area (Å²) >= 11 is 5.70. The maximum Gasteiger partial charge on any atom is 0.222 e. The third-order valence-electron chi connectivity index (χ3n) is 1.73. The summed E-state index contributed by atoms with van der Waals surface area (Å²) < 4.78 is 13.3. The van der Waals surface area contributed by atoms with E-state index in [1.165, 1.54) is 0 Å². The lowest BCUT2D eigenvalue weighted by atomic mass is 10.1. The lowest BCUT2D eigenvalue weighted by Crippen LogP contribution is -2.15. The van der Waals surface area contributed by atoms with E-state index in [9.17, 15) is 9.18 Å². The van der Waals surface area contributed by atoms with E-state index in [1.807, 2.05) is 0 Å². The van der Waals surface area contributed by atoms with Gasteiger partial charge in [-0.05, 0) is 18.6 Å². The van der Waals surface area contributed by atoms with Gasteiger partial charge in [-0.2, -0.15) is 0 Å². The lowest BCUT2D eigenvalue weighted by molar-refractivity contribution is -0.117. The molecule has 0 saturated heterocycles. The van der Waals surface area contributed by atoms with Crippen LogP contribution in [0.2, 0.25) is 5.02 Å². The molecule has 0 fully saturated rings. The van der Waals surface area contributed by atoms with Crippen LogP contribution in [-0.2, 0) is 11.2 Å². The number of primary amides is 1. The van der Waals surface area contributed by atoms with Crippen molar-refractivity contribution in [2.24, 2.45) is 5.73 Å². The largest absolute Gasteiger partial charge is 0.369 e. The van der Waals surface area contributed by atoms with Crippen molar-refractivity contribution < 1.29 is 9.18 Å². The lowest BCUT2D eigenvalue weighted by Gasteiger charge is -2.05. The first-order valence-corrected chi connectivity index (χ1v) is 4.12. The zero-order valence-electron chi connectivity index (χ0n) is 7.10. The Morgan fingerprint density at radius 2 is 2.23 bits per heavy atom. The average molecular weight is 202 g/mol. The second-order valence-corrected chi connectivity index (χ2v) is 3.21.